The Kier molecular flexibility index (Phi) is 5.09. The number of hydrogen-bond donors (Lipinski definition) is 1. The molecule has 0 aliphatic heterocycles. The van der Waals surface area contributed by atoms with Gasteiger partial charge in [-0.2, -0.15) is 0 Å². The molecule has 20 heavy (non-hydrogen) atoms. The van der Waals surface area contributed by atoms with Crippen LogP contribution >= 0.6 is 0 Å². The van der Waals surface area contributed by atoms with Crippen molar-refractivity contribution in [1.29, 1.82) is 0 Å². The minimum absolute atomic E-state index is 0.232. The smallest absolute Gasteiger partial charge is 0.134 e. The molecule has 3 nitrogen and oxygen atoms in total. The summed E-state index contributed by atoms with van der Waals surface area (Å²) in [6.07, 6.45) is 1.68. The Bertz CT molecular complexity index is 610. The number of benzene rings is 1. The summed E-state index contributed by atoms with van der Waals surface area (Å²) in [5.74, 6) is 1.84. The van der Waals surface area contributed by atoms with Crippen molar-refractivity contribution in [2.75, 3.05) is 18.6 Å². The number of halogens is 1. The fraction of sp³-hybridized carbons (Fsp3) is 0.333. The van der Waals surface area contributed by atoms with E-state index in [2.05, 4.69) is 5.32 Å². The van der Waals surface area contributed by atoms with E-state index in [1.807, 2.05) is 18.2 Å². The van der Waals surface area contributed by atoms with Gasteiger partial charge in [0.05, 0.1) is 6.54 Å². The van der Waals surface area contributed by atoms with Crippen LogP contribution in [-0.4, -0.2) is 22.8 Å². The van der Waals surface area contributed by atoms with Gasteiger partial charge in [-0.3, -0.25) is 4.21 Å². The van der Waals surface area contributed by atoms with E-state index in [1.165, 1.54) is 6.07 Å². The van der Waals surface area contributed by atoms with Gasteiger partial charge in [0.2, 0.25) is 0 Å². The lowest BCUT2D eigenvalue weighted by atomic mass is 10.1. The van der Waals surface area contributed by atoms with Crippen molar-refractivity contribution in [1.82, 2.24) is 5.32 Å². The third-order valence-electron chi connectivity index (χ3n) is 3.06. The van der Waals surface area contributed by atoms with Gasteiger partial charge in [-0.15, -0.1) is 0 Å². The van der Waals surface area contributed by atoms with Crippen LogP contribution in [0.2, 0.25) is 0 Å². The Hall–Kier alpha value is -1.46. The molecule has 108 valence electrons. The minimum atomic E-state index is -0.788. The molecule has 0 aliphatic rings. The quantitative estimate of drug-likeness (QED) is 0.833. The van der Waals surface area contributed by atoms with Crippen LogP contribution in [0.25, 0.3) is 11.3 Å². The van der Waals surface area contributed by atoms with Gasteiger partial charge in [0, 0.05) is 34.9 Å². The first kappa shape index (κ1) is 14.9. The van der Waals surface area contributed by atoms with Crippen LogP contribution < -0.4 is 5.32 Å². The molecule has 2 aromatic rings. The highest BCUT2D eigenvalue weighted by Gasteiger charge is 2.09. The molecule has 0 saturated carbocycles. The maximum atomic E-state index is 13.5. The van der Waals surface area contributed by atoms with Gasteiger partial charge in [-0.05, 0) is 30.7 Å². The fourth-order valence-electron chi connectivity index (χ4n) is 1.92. The summed E-state index contributed by atoms with van der Waals surface area (Å²) in [5.41, 5.74) is 1.36. The highest BCUT2D eigenvalue weighted by Crippen LogP contribution is 2.26. The van der Waals surface area contributed by atoms with E-state index >= 15 is 0 Å². The maximum absolute atomic E-state index is 13.5. The molecule has 0 fully saturated rings. The van der Waals surface area contributed by atoms with E-state index in [4.69, 9.17) is 4.42 Å². The average molecular weight is 295 g/mol. The van der Waals surface area contributed by atoms with E-state index in [9.17, 15) is 8.60 Å². The average Bonchev–Trinajstić information content (AvgIpc) is 2.86. The van der Waals surface area contributed by atoms with Crippen LogP contribution in [0.5, 0.6) is 0 Å². The molecular formula is C15H18FNO2S. The molecule has 0 radical (unpaired) electrons. The Morgan fingerprint density at radius 3 is 2.85 bits per heavy atom. The molecule has 0 aliphatic carbocycles. The van der Waals surface area contributed by atoms with E-state index in [0.717, 1.165) is 11.3 Å². The number of furan rings is 1. The molecule has 0 spiro atoms. The summed E-state index contributed by atoms with van der Waals surface area (Å²) in [7, 11) is -0.788. The molecule has 1 atom stereocenters. The third-order valence-corrected chi connectivity index (χ3v) is 3.84. The zero-order chi connectivity index (χ0) is 14.5. The Labute approximate surface area is 120 Å². The number of nitrogens with one attached hydrogen (secondary N) is 1. The second-order valence-corrected chi connectivity index (χ2v) is 6.19. The van der Waals surface area contributed by atoms with Crippen LogP contribution in [0.4, 0.5) is 4.39 Å². The first-order valence-corrected chi connectivity index (χ1v) is 8.15. The molecule has 0 saturated heterocycles. The van der Waals surface area contributed by atoms with Crippen molar-refractivity contribution in [3.63, 3.8) is 0 Å². The van der Waals surface area contributed by atoms with Crippen molar-refractivity contribution >= 4 is 10.8 Å². The molecule has 1 N–H and O–H groups in total. The fourth-order valence-corrected chi connectivity index (χ4v) is 2.35. The van der Waals surface area contributed by atoms with E-state index in [-0.39, 0.29) is 5.82 Å². The van der Waals surface area contributed by atoms with Crippen LogP contribution in [0.15, 0.2) is 34.7 Å². The van der Waals surface area contributed by atoms with Crippen molar-refractivity contribution in [2.24, 2.45) is 0 Å². The molecule has 1 aromatic carbocycles. The largest absolute Gasteiger partial charge is 0.460 e. The van der Waals surface area contributed by atoms with Gasteiger partial charge in [0.25, 0.3) is 0 Å². The zero-order valence-corrected chi connectivity index (χ0v) is 12.4. The lowest BCUT2D eigenvalue weighted by molar-refractivity contribution is 0.498. The lowest BCUT2D eigenvalue weighted by Crippen LogP contribution is -2.19. The maximum Gasteiger partial charge on any atom is 0.134 e. The predicted molar refractivity (Wildman–Crippen MR) is 79.5 cm³/mol. The first-order valence-electron chi connectivity index (χ1n) is 6.43. The van der Waals surface area contributed by atoms with E-state index in [0.29, 0.717) is 30.2 Å². The topological polar surface area (TPSA) is 42.2 Å². The summed E-state index contributed by atoms with van der Waals surface area (Å²) in [4.78, 5) is 0. The molecule has 1 aromatic heterocycles. The molecule has 1 unspecified atom stereocenters. The van der Waals surface area contributed by atoms with Gasteiger partial charge >= 0.3 is 0 Å². The van der Waals surface area contributed by atoms with Crippen LogP contribution in [0.3, 0.4) is 0 Å². The summed E-state index contributed by atoms with van der Waals surface area (Å²) < 4.78 is 30.1. The Balaban J connectivity index is 2.02. The molecule has 0 bridgehead atoms. The molecule has 5 heteroatoms. The van der Waals surface area contributed by atoms with Crippen LogP contribution in [0.1, 0.15) is 11.3 Å². The second kappa shape index (κ2) is 6.81. The first-order chi connectivity index (χ1) is 9.58. The van der Waals surface area contributed by atoms with Gasteiger partial charge in [0.15, 0.2) is 0 Å². The van der Waals surface area contributed by atoms with Gasteiger partial charge < -0.3 is 9.73 Å². The zero-order valence-electron chi connectivity index (χ0n) is 11.6. The molecular weight excluding hydrogens is 277 g/mol. The number of hydrogen-bond acceptors (Lipinski definition) is 3. The SMILES string of the molecule is Cc1c(F)cccc1-c1ccc(CNCCS(C)=O)o1. The predicted octanol–water partition coefficient (Wildman–Crippen LogP) is 2.86. The standard InChI is InChI=1S/C15H18FNO2S/c1-11-13(4-3-5-14(11)16)15-7-6-12(19-15)10-17-8-9-20(2)18/h3-7,17H,8-10H2,1-2H3. The number of rotatable bonds is 6. The summed E-state index contributed by atoms with van der Waals surface area (Å²) in [5, 5.41) is 3.16. The van der Waals surface area contributed by atoms with Crippen molar-refractivity contribution in [3.8, 4) is 11.3 Å². The van der Waals surface area contributed by atoms with Gasteiger partial charge in [-0.1, -0.05) is 12.1 Å². The van der Waals surface area contributed by atoms with Crippen molar-refractivity contribution < 1.29 is 13.0 Å². The molecule has 1 heterocycles. The van der Waals surface area contributed by atoms with Crippen LogP contribution in [0, 0.1) is 12.7 Å². The lowest BCUT2D eigenvalue weighted by Gasteiger charge is -2.04. The van der Waals surface area contributed by atoms with Gasteiger partial charge in [-0.25, -0.2) is 4.39 Å². The Morgan fingerprint density at radius 1 is 1.30 bits per heavy atom. The second-order valence-electron chi connectivity index (χ2n) is 4.63. The van der Waals surface area contributed by atoms with Gasteiger partial charge in [0.1, 0.15) is 17.3 Å². The molecule has 0 amide bonds. The minimum Gasteiger partial charge on any atom is -0.460 e. The van der Waals surface area contributed by atoms with Crippen molar-refractivity contribution in [3.05, 3.63) is 47.5 Å². The summed E-state index contributed by atoms with van der Waals surface area (Å²) >= 11 is 0. The Morgan fingerprint density at radius 2 is 2.10 bits per heavy atom. The normalized spacial score (nSPS) is 12.6. The highest BCUT2D eigenvalue weighted by molar-refractivity contribution is 7.84. The summed E-state index contributed by atoms with van der Waals surface area (Å²) in [6.45, 7) is 2.99. The highest BCUT2D eigenvalue weighted by atomic mass is 32.2. The van der Waals surface area contributed by atoms with Crippen LogP contribution in [-0.2, 0) is 17.3 Å². The summed E-state index contributed by atoms with van der Waals surface area (Å²) in [6, 6.07) is 8.67. The monoisotopic (exact) mass is 295 g/mol. The van der Waals surface area contributed by atoms with E-state index < -0.39 is 10.8 Å². The third kappa shape index (κ3) is 3.77. The molecule has 2 rings (SSSR count). The van der Waals surface area contributed by atoms with E-state index in [1.54, 1.807) is 19.2 Å². The van der Waals surface area contributed by atoms with Crippen molar-refractivity contribution in [2.45, 2.75) is 13.5 Å².